The first-order valence-corrected chi connectivity index (χ1v) is 12.2. The summed E-state index contributed by atoms with van der Waals surface area (Å²) in [5, 5.41) is 11.6. The third-order valence-corrected chi connectivity index (χ3v) is 7.36. The molecular formula is C27H26N2O8S. The molecule has 1 atom stereocenters. The zero-order chi connectivity index (χ0) is 27.7. The number of hydrogen-bond acceptors (Lipinski definition) is 10. The van der Waals surface area contributed by atoms with Gasteiger partial charge in [0.2, 0.25) is 0 Å². The summed E-state index contributed by atoms with van der Waals surface area (Å²) in [5.74, 6) is -1.63. The van der Waals surface area contributed by atoms with Crippen LogP contribution >= 0.6 is 11.3 Å². The number of ketones is 1. The molecule has 1 amide bonds. The van der Waals surface area contributed by atoms with Crippen LogP contribution in [0.1, 0.15) is 38.1 Å². The molecular weight excluding hydrogens is 512 g/mol. The Kier molecular flexibility index (Phi) is 7.40. The lowest BCUT2D eigenvalue weighted by Gasteiger charge is -2.25. The van der Waals surface area contributed by atoms with Crippen molar-refractivity contribution in [3.05, 3.63) is 69.2 Å². The summed E-state index contributed by atoms with van der Waals surface area (Å²) in [7, 11) is 5.66. The minimum atomic E-state index is -1.14. The van der Waals surface area contributed by atoms with Crippen molar-refractivity contribution in [2.24, 2.45) is 0 Å². The fraction of sp³-hybridized carbons (Fsp3) is 0.259. The van der Waals surface area contributed by atoms with Gasteiger partial charge >= 0.3 is 11.9 Å². The molecule has 0 bridgehead atoms. The van der Waals surface area contributed by atoms with E-state index < -0.39 is 23.7 Å². The smallest absolute Gasteiger partial charge is 0.350 e. The molecule has 1 aliphatic rings. The maximum absolute atomic E-state index is 13.5. The number of carbonyl (C=O) groups excluding carboxylic acids is 3. The van der Waals surface area contributed by atoms with Gasteiger partial charge < -0.3 is 24.1 Å². The lowest BCUT2D eigenvalue weighted by molar-refractivity contribution is -0.132. The number of aliphatic hydroxyl groups excluding tert-OH is 1. The van der Waals surface area contributed by atoms with Crippen LogP contribution in [0.5, 0.6) is 17.2 Å². The molecule has 1 fully saturated rings. The largest absolute Gasteiger partial charge is 0.507 e. The van der Waals surface area contributed by atoms with E-state index in [4.69, 9.17) is 18.9 Å². The zero-order valence-corrected chi connectivity index (χ0v) is 22.5. The molecule has 38 heavy (non-hydrogen) atoms. The predicted octanol–water partition coefficient (Wildman–Crippen LogP) is 4.20. The van der Waals surface area contributed by atoms with E-state index in [-0.39, 0.29) is 27.1 Å². The Bertz CT molecular complexity index is 1480. The molecule has 4 rings (SSSR count). The number of rotatable bonds is 7. The average molecular weight is 539 g/mol. The van der Waals surface area contributed by atoms with Crippen molar-refractivity contribution in [1.82, 2.24) is 4.98 Å². The Balaban J connectivity index is 2.02. The minimum Gasteiger partial charge on any atom is -0.507 e. The first-order chi connectivity index (χ1) is 18.2. The molecule has 3 aromatic rings. The van der Waals surface area contributed by atoms with E-state index in [1.54, 1.807) is 50.2 Å². The van der Waals surface area contributed by atoms with Gasteiger partial charge in [0.15, 0.2) is 16.6 Å². The summed E-state index contributed by atoms with van der Waals surface area (Å²) in [5.41, 5.74) is 1.53. The zero-order valence-electron chi connectivity index (χ0n) is 21.6. The van der Waals surface area contributed by atoms with Crippen LogP contribution in [0, 0.1) is 13.8 Å². The Labute approximate surface area is 223 Å². The number of aryl methyl sites for hydroxylation is 2. The fourth-order valence-corrected chi connectivity index (χ4v) is 5.40. The number of benzene rings is 2. The second-order valence-electron chi connectivity index (χ2n) is 8.34. The van der Waals surface area contributed by atoms with E-state index in [1.807, 2.05) is 0 Å². The quantitative estimate of drug-likeness (QED) is 0.204. The predicted molar refractivity (Wildman–Crippen MR) is 140 cm³/mol. The summed E-state index contributed by atoms with van der Waals surface area (Å²) < 4.78 is 21.2. The third kappa shape index (κ3) is 4.34. The normalized spacial score (nSPS) is 16.5. The molecule has 11 heteroatoms. The highest BCUT2D eigenvalue weighted by molar-refractivity contribution is 7.17. The summed E-state index contributed by atoms with van der Waals surface area (Å²) in [6.45, 7) is 3.35. The molecule has 0 aliphatic carbocycles. The maximum Gasteiger partial charge on any atom is 0.350 e. The molecule has 0 spiro atoms. The number of anilines is 1. The van der Waals surface area contributed by atoms with Crippen LogP contribution < -0.4 is 19.1 Å². The SMILES string of the molecule is COC(=O)c1sc(N2C(=O)C(=O)C(=C(O)c3ccc(OC)cc3C)C2c2cccc(OC)c2OC)nc1C. The molecule has 1 aromatic heterocycles. The number of nitrogens with zero attached hydrogens (tertiary/aromatic N) is 2. The molecule has 10 nitrogen and oxygen atoms in total. The van der Waals surface area contributed by atoms with Crippen molar-refractivity contribution in [1.29, 1.82) is 0 Å². The van der Waals surface area contributed by atoms with Crippen LogP contribution in [-0.4, -0.2) is 56.2 Å². The highest BCUT2D eigenvalue weighted by Gasteiger charge is 2.49. The van der Waals surface area contributed by atoms with Crippen molar-refractivity contribution in [3.8, 4) is 17.2 Å². The van der Waals surface area contributed by atoms with Crippen molar-refractivity contribution in [2.45, 2.75) is 19.9 Å². The molecule has 1 aliphatic heterocycles. The molecule has 0 saturated carbocycles. The van der Waals surface area contributed by atoms with Gasteiger partial charge in [0, 0.05) is 11.1 Å². The van der Waals surface area contributed by atoms with E-state index in [1.165, 1.54) is 28.4 Å². The van der Waals surface area contributed by atoms with Gasteiger partial charge in [-0.3, -0.25) is 14.5 Å². The van der Waals surface area contributed by atoms with Crippen LogP contribution in [0.4, 0.5) is 5.13 Å². The summed E-state index contributed by atoms with van der Waals surface area (Å²) in [6.07, 6.45) is 0. The van der Waals surface area contributed by atoms with Crippen LogP contribution in [0.25, 0.3) is 5.76 Å². The van der Waals surface area contributed by atoms with E-state index in [0.717, 1.165) is 16.2 Å². The van der Waals surface area contributed by atoms with Crippen molar-refractivity contribution >= 4 is 39.9 Å². The Morgan fingerprint density at radius 3 is 2.37 bits per heavy atom. The Morgan fingerprint density at radius 2 is 1.76 bits per heavy atom. The van der Waals surface area contributed by atoms with Gasteiger partial charge in [0.25, 0.3) is 5.78 Å². The molecule has 2 aromatic carbocycles. The number of para-hydroxylation sites is 1. The van der Waals surface area contributed by atoms with Gasteiger partial charge in [-0.05, 0) is 43.7 Å². The molecule has 198 valence electrons. The van der Waals surface area contributed by atoms with E-state index >= 15 is 0 Å². The number of hydrogen-bond donors (Lipinski definition) is 1. The second kappa shape index (κ2) is 10.5. The lowest BCUT2D eigenvalue weighted by atomic mass is 9.93. The number of aromatic nitrogens is 1. The van der Waals surface area contributed by atoms with Gasteiger partial charge in [-0.15, -0.1) is 0 Å². The van der Waals surface area contributed by atoms with Crippen molar-refractivity contribution < 1.29 is 38.4 Å². The Morgan fingerprint density at radius 1 is 1.03 bits per heavy atom. The number of methoxy groups -OCH3 is 4. The highest BCUT2D eigenvalue weighted by atomic mass is 32.1. The molecule has 1 unspecified atom stereocenters. The number of carbonyl (C=O) groups is 3. The monoisotopic (exact) mass is 538 g/mol. The standard InChI is InChI=1S/C27H26N2O8S/c1-13-12-15(34-3)10-11-16(13)21(30)19-20(17-8-7-9-18(35-4)23(17)36-5)29(25(32)22(19)31)27-28-14(2)24(38-27)26(33)37-6/h7-12,20,30H,1-6H3. The van der Waals surface area contributed by atoms with E-state index in [0.29, 0.717) is 33.9 Å². The first-order valence-electron chi connectivity index (χ1n) is 11.4. The number of amides is 1. The number of thiazole rings is 1. The Hall–Kier alpha value is -4.38. The first kappa shape index (κ1) is 26.7. The maximum atomic E-state index is 13.5. The van der Waals surface area contributed by atoms with Crippen LogP contribution in [0.3, 0.4) is 0 Å². The molecule has 0 radical (unpaired) electrons. The number of esters is 1. The van der Waals surface area contributed by atoms with Crippen molar-refractivity contribution in [2.75, 3.05) is 33.3 Å². The average Bonchev–Trinajstić information content (AvgIpc) is 3.43. The number of ether oxygens (including phenoxy) is 4. The van der Waals surface area contributed by atoms with Gasteiger partial charge in [0.05, 0.1) is 39.7 Å². The van der Waals surface area contributed by atoms with Gasteiger partial charge in [-0.25, -0.2) is 9.78 Å². The van der Waals surface area contributed by atoms with Crippen LogP contribution in [0.2, 0.25) is 0 Å². The fourth-order valence-electron chi connectivity index (χ4n) is 4.39. The second-order valence-corrected chi connectivity index (χ2v) is 9.31. The summed E-state index contributed by atoms with van der Waals surface area (Å²) in [4.78, 5) is 45.1. The van der Waals surface area contributed by atoms with Crippen LogP contribution in [0.15, 0.2) is 42.0 Å². The molecule has 1 N–H and O–H groups in total. The number of aliphatic hydroxyl groups is 1. The van der Waals surface area contributed by atoms with Gasteiger partial charge in [0.1, 0.15) is 22.4 Å². The van der Waals surface area contributed by atoms with E-state index in [2.05, 4.69) is 4.98 Å². The molecule has 2 heterocycles. The summed E-state index contributed by atoms with van der Waals surface area (Å²) in [6, 6.07) is 8.84. The van der Waals surface area contributed by atoms with Crippen LogP contribution in [-0.2, 0) is 14.3 Å². The summed E-state index contributed by atoms with van der Waals surface area (Å²) >= 11 is 0.909. The minimum absolute atomic E-state index is 0.0883. The topological polar surface area (TPSA) is 124 Å². The van der Waals surface area contributed by atoms with Gasteiger partial charge in [-0.1, -0.05) is 23.5 Å². The highest BCUT2D eigenvalue weighted by Crippen LogP contribution is 2.48. The van der Waals surface area contributed by atoms with E-state index in [9.17, 15) is 19.5 Å². The number of Topliss-reactive ketones (excluding diaryl/α,β-unsaturated/α-hetero) is 1. The third-order valence-electron chi connectivity index (χ3n) is 6.22. The van der Waals surface area contributed by atoms with Crippen molar-refractivity contribution in [3.63, 3.8) is 0 Å². The lowest BCUT2D eigenvalue weighted by Crippen LogP contribution is -2.29. The van der Waals surface area contributed by atoms with Gasteiger partial charge in [-0.2, -0.15) is 0 Å². The molecule has 1 saturated heterocycles.